The van der Waals surface area contributed by atoms with Gasteiger partial charge in [-0.3, -0.25) is 4.98 Å². The topological polar surface area (TPSA) is 75.9 Å². The lowest BCUT2D eigenvalue weighted by atomic mass is 10.3. The zero-order chi connectivity index (χ0) is 13.3. The predicted octanol–water partition coefficient (Wildman–Crippen LogP) is 1.62. The Bertz CT molecular complexity index is 471. The van der Waals surface area contributed by atoms with Crippen LogP contribution >= 0.6 is 0 Å². The molecule has 2 aromatic rings. The molecule has 2 heterocycles. The molecule has 0 unspecified atom stereocenters. The van der Waals surface area contributed by atoms with Crippen LogP contribution in [0.3, 0.4) is 0 Å². The summed E-state index contributed by atoms with van der Waals surface area (Å²) in [5.74, 6) is 0.605. The third-order valence-corrected chi connectivity index (χ3v) is 2.55. The summed E-state index contributed by atoms with van der Waals surface area (Å²) in [5.41, 5.74) is 1.04. The third-order valence-electron chi connectivity index (χ3n) is 2.55. The molecule has 19 heavy (non-hydrogen) atoms. The fraction of sp³-hybridized carbons (Fsp3) is 0.462. The van der Waals surface area contributed by atoms with Crippen molar-refractivity contribution in [1.29, 1.82) is 0 Å². The quantitative estimate of drug-likeness (QED) is 0.703. The maximum atomic E-state index is 5.45. The molecule has 0 aromatic carbocycles. The molecule has 0 radical (unpaired) electrons. The van der Waals surface area contributed by atoms with Crippen molar-refractivity contribution in [3.8, 4) is 0 Å². The molecule has 102 valence electrons. The molecule has 0 amide bonds. The van der Waals surface area contributed by atoms with Gasteiger partial charge >= 0.3 is 6.01 Å². The lowest BCUT2D eigenvalue weighted by Crippen LogP contribution is -2.13. The van der Waals surface area contributed by atoms with E-state index in [1.54, 1.807) is 6.20 Å². The number of anilines is 1. The summed E-state index contributed by atoms with van der Waals surface area (Å²) in [6.07, 6.45) is 3.70. The van der Waals surface area contributed by atoms with Crippen molar-refractivity contribution in [2.45, 2.75) is 26.3 Å². The first-order valence-electron chi connectivity index (χ1n) is 6.55. The van der Waals surface area contributed by atoms with Gasteiger partial charge in [0.15, 0.2) is 0 Å². The van der Waals surface area contributed by atoms with E-state index in [2.05, 4.69) is 32.7 Å². The third kappa shape index (κ3) is 4.67. The van der Waals surface area contributed by atoms with Crippen LogP contribution in [0, 0.1) is 0 Å². The minimum atomic E-state index is 0.462. The molecule has 6 heteroatoms. The molecule has 0 atom stereocenters. The van der Waals surface area contributed by atoms with Crippen LogP contribution in [-0.2, 0) is 13.0 Å². The lowest BCUT2D eigenvalue weighted by molar-refractivity contribution is 0.477. The second-order valence-corrected chi connectivity index (χ2v) is 4.18. The Morgan fingerprint density at radius 2 is 2.16 bits per heavy atom. The van der Waals surface area contributed by atoms with E-state index in [1.165, 1.54) is 0 Å². The Labute approximate surface area is 112 Å². The molecule has 0 aliphatic heterocycles. The number of hydrogen-bond acceptors (Lipinski definition) is 6. The van der Waals surface area contributed by atoms with E-state index in [4.69, 9.17) is 4.42 Å². The van der Waals surface area contributed by atoms with Crippen LogP contribution in [-0.4, -0.2) is 28.3 Å². The van der Waals surface area contributed by atoms with E-state index in [0.717, 1.165) is 31.6 Å². The van der Waals surface area contributed by atoms with Crippen LogP contribution in [0.2, 0.25) is 0 Å². The van der Waals surface area contributed by atoms with E-state index >= 15 is 0 Å². The summed E-state index contributed by atoms with van der Waals surface area (Å²) in [4.78, 5) is 4.25. The van der Waals surface area contributed by atoms with Crippen LogP contribution < -0.4 is 10.6 Å². The van der Waals surface area contributed by atoms with Crippen LogP contribution in [0.25, 0.3) is 0 Å². The van der Waals surface area contributed by atoms with Crippen molar-refractivity contribution in [2.24, 2.45) is 0 Å². The van der Waals surface area contributed by atoms with Gasteiger partial charge in [0.1, 0.15) is 0 Å². The fourth-order valence-corrected chi connectivity index (χ4v) is 1.61. The molecule has 2 aromatic heterocycles. The molecular formula is C13H19N5O. The number of nitrogens with one attached hydrogen (secondary N) is 2. The first-order valence-corrected chi connectivity index (χ1v) is 6.55. The molecular weight excluding hydrogens is 242 g/mol. The molecule has 0 spiro atoms. The van der Waals surface area contributed by atoms with Gasteiger partial charge in [-0.1, -0.05) is 18.1 Å². The second-order valence-electron chi connectivity index (χ2n) is 4.18. The largest absolute Gasteiger partial charge is 0.407 e. The highest BCUT2D eigenvalue weighted by Crippen LogP contribution is 2.05. The zero-order valence-electron chi connectivity index (χ0n) is 11.1. The van der Waals surface area contributed by atoms with Gasteiger partial charge in [-0.15, -0.1) is 5.10 Å². The van der Waals surface area contributed by atoms with Gasteiger partial charge in [0.2, 0.25) is 5.89 Å². The Hall–Kier alpha value is -1.95. The summed E-state index contributed by atoms with van der Waals surface area (Å²) in [6.45, 7) is 4.40. The van der Waals surface area contributed by atoms with Crippen molar-refractivity contribution in [1.82, 2.24) is 20.5 Å². The normalized spacial score (nSPS) is 10.6. The predicted molar refractivity (Wildman–Crippen MR) is 72.7 cm³/mol. The molecule has 0 saturated heterocycles. The molecule has 0 bridgehead atoms. The Morgan fingerprint density at radius 1 is 1.21 bits per heavy atom. The van der Waals surface area contributed by atoms with Gasteiger partial charge in [-0.2, -0.15) is 0 Å². The zero-order valence-corrected chi connectivity index (χ0v) is 11.1. The van der Waals surface area contributed by atoms with Crippen LogP contribution in [0.5, 0.6) is 0 Å². The van der Waals surface area contributed by atoms with E-state index in [-0.39, 0.29) is 0 Å². The van der Waals surface area contributed by atoms with Crippen molar-refractivity contribution in [3.63, 3.8) is 0 Å². The molecule has 2 N–H and O–H groups in total. The number of rotatable bonds is 8. The standard InChI is InChI=1S/C13H19N5O/c1-2-7-14-10-12-17-18-13(19-12)16-9-6-11-5-3-4-8-15-11/h3-5,8,14H,2,6-7,9-10H2,1H3,(H,16,18). The molecule has 0 fully saturated rings. The summed E-state index contributed by atoms with van der Waals surface area (Å²) >= 11 is 0. The minimum Gasteiger partial charge on any atom is -0.407 e. The molecule has 2 rings (SSSR count). The highest BCUT2D eigenvalue weighted by atomic mass is 16.4. The summed E-state index contributed by atoms with van der Waals surface area (Å²) in [5, 5.41) is 14.2. The van der Waals surface area contributed by atoms with Gasteiger partial charge in [-0.25, -0.2) is 0 Å². The average Bonchev–Trinajstić information content (AvgIpc) is 2.88. The first-order chi connectivity index (χ1) is 9.38. The summed E-state index contributed by atoms with van der Waals surface area (Å²) < 4.78 is 5.45. The first kappa shape index (κ1) is 13.5. The highest BCUT2D eigenvalue weighted by Gasteiger charge is 2.04. The van der Waals surface area contributed by atoms with Gasteiger partial charge in [0, 0.05) is 24.9 Å². The van der Waals surface area contributed by atoms with Gasteiger partial charge in [0.05, 0.1) is 6.54 Å². The lowest BCUT2D eigenvalue weighted by Gasteiger charge is -2.00. The Morgan fingerprint density at radius 3 is 2.95 bits per heavy atom. The molecule has 6 nitrogen and oxygen atoms in total. The van der Waals surface area contributed by atoms with Crippen molar-refractivity contribution >= 4 is 6.01 Å². The van der Waals surface area contributed by atoms with Crippen molar-refractivity contribution < 1.29 is 4.42 Å². The van der Waals surface area contributed by atoms with E-state index in [9.17, 15) is 0 Å². The smallest absolute Gasteiger partial charge is 0.315 e. The van der Waals surface area contributed by atoms with Crippen molar-refractivity contribution in [3.05, 3.63) is 36.0 Å². The summed E-state index contributed by atoms with van der Waals surface area (Å²) in [6, 6.07) is 6.34. The van der Waals surface area contributed by atoms with Gasteiger partial charge in [-0.05, 0) is 25.1 Å². The van der Waals surface area contributed by atoms with Gasteiger partial charge in [0.25, 0.3) is 0 Å². The SMILES string of the molecule is CCCNCc1nnc(NCCc2ccccn2)o1. The number of nitrogens with zero attached hydrogens (tertiary/aromatic N) is 3. The Balaban J connectivity index is 1.71. The van der Waals surface area contributed by atoms with Crippen molar-refractivity contribution in [2.75, 3.05) is 18.4 Å². The van der Waals surface area contributed by atoms with E-state index < -0.39 is 0 Å². The number of hydrogen-bond donors (Lipinski definition) is 2. The van der Waals surface area contributed by atoms with Gasteiger partial charge < -0.3 is 15.1 Å². The summed E-state index contributed by atoms with van der Waals surface area (Å²) in [7, 11) is 0. The molecule has 0 aliphatic carbocycles. The molecule has 0 aliphatic rings. The monoisotopic (exact) mass is 261 g/mol. The second kappa shape index (κ2) is 7.48. The number of pyridine rings is 1. The van der Waals surface area contributed by atoms with E-state index in [0.29, 0.717) is 18.5 Å². The average molecular weight is 261 g/mol. The van der Waals surface area contributed by atoms with Crippen LogP contribution in [0.4, 0.5) is 6.01 Å². The van der Waals surface area contributed by atoms with Crippen LogP contribution in [0.1, 0.15) is 24.9 Å². The maximum Gasteiger partial charge on any atom is 0.315 e. The number of aromatic nitrogens is 3. The highest BCUT2D eigenvalue weighted by molar-refractivity contribution is 5.17. The fourth-order valence-electron chi connectivity index (χ4n) is 1.61. The molecule has 0 saturated carbocycles. The Kier molecular flexibility index (Phi) is 5.31. The maximum absolute atomic E-state index is 5.45. The minimum absolute atomic E-state index is 0.462. The van der Waals surface area contributed by atoms with E-state index in [1.807, 2.05) is 18.2 Å². The van der Waals surface area contributed by atoms with Crippen LogP contribution in [0.15, 0.2) is 28.8 Å².